The van der Waals surface area contributed by atoms with Crippen molar-refractivity contribution in [2.45, 2.75) is 26.0 Å². The number of thioether (sulfide) groups is 1. The molecular weight excluding hydrogens is 182 g/mol. The van der Waals surface area contributed by atoms with Crippen LogP contribution < -0.4 is 5.32 Å². The van der Waals surface area contributed by atoms with Crippen molar-refractivity contribution in [3.8, 4) is 0 Å². The monoisotopic (exact) mass is 205 g/mol. The van der Waals surface area contributed by atoms with Crippen molar-refractivity contribution in [2.24, 2.45) is 5.92 Å². The van der Waals surface area contributed by atoms with Gasteiger partial charge in [0.05, 0.1) is 6.61 Å². The zero-order chi connectivity index (χ0) is 10.1. The molecule has 0 fully saturated rings. The Morgan fingerprint density at radius 1 is 1.31 bits per heavy atom. The molecule has 1 atom stereocenters. The first-order chi connectivity index (χ1) is 6.16. The molecule has 1 unspecified atom stereocenters. The van der Waals surface area contributed by atoms with Crippen molar-refractivity contribution < 1.29 is 4.74 Å². The third-order valence-corrected chi connectivity index (χ3v) is 3.22. The molecule has 0 rings (SSSR count). The Morgan fingerprint density at radius 3 is 2.54 bits per heavy atom. The maximum absolute atomic E-state index is 4.95. The number of ether oxygens (including phenoxy) is 1. The van der Waals surface area contributed by atoms with Crippen LogP contribution in [0.5, 0.6) is 0 Å². The molecule has 0 radical (unpaired) electrons. The predicted molar refractivity (Wildman–Crippen MR) is 61.5 cm³/mol. The van der Waals surface area contributed by atoms with Crippen LogP contribution in [0.3, 0.4) is 0 Å². The van der Waals surface area contributed by atoms with Gasteiger partial charge in [0.15, 0.2) is 0 Å². The minimum Gasteiger partial charge on any atom is -0.383 e. The van der Waals surface area contributed by atoms with Crippen LogP contribution in [0.15, 0.2) is 0 Å². The van der Waals surface area contributed by atoms with Gasteiger partial charge >= 0.3 is 0 Å². The van der Waals surface area contributed by atoms with E-state index < -0.39 is 0 Å². The van der Waals surface area contributed by atoms with Gasteiger partial charge in [-0.2, -0.15) is 11.8 Å². The SMILES string of the molecule is COCCNCC(C)SCC(C)C. The molecule has 13 heavy (non-hydrogen) atoms. The van der Waals surface area contributed by atoms with E-state index in [4.69, 9.17) is 4.74 Å². The van der Waals surface area contributed by atoms with E-state index in [-0.39, 0.29) is 0 Å². The van der Waals surface area contributed by atoms with Crippen molar-refractivity contribution in [1.29, 1.82) is 0 Å². The van der Waals surface area contributed by atoms with Crippen LogP contribution in [0.1, 0.15) is 20.8 Å². The first kappa shape index (κ1) is 13.3. The Morgan fingerprint density at radius 2 is 2.00 bits per heavy atom. The van der Waals surface area contributed by atoms with Gasteiger partial charge in [0.1, 0.15) is 0 Å². The van der Waals surface area contributed by atoms with Crippen LogP contribution in [-0.2, 0) is 4.74 Å². The molecule has 0 aliphatic rings. The minimum atomic E-state index is 0.708. The smallest absolute Gasteiger partial charge is 0.0587 e. The lowest BCUT2D eigenvalue weighted by molar-refractivity contribution is 0.199. The van der Waals surface area contributed by atoms with Crippen molar-refractivity contribution in [3.63, 3.8) is 0 Å². The van der Waals surface area contributed by atoms with Crippen molar-refractivity contribution in [2.75, 3.05) is 32.6 Å². The van der Waals surface area contributed by atoms with Crippen LogP contribution in [0.2, 0.25) is 0 Å². The second-order valence-electron chi connectivity index (χ2n) is 3.73. The Labute approximate surface area is 86.8 Å². The molecule has 0 spiro atoms. The van der Waals surface area contributed by atoms with E-state index in [2.05, 4.69) is 26.1 Å². The minimum absolute atomic E-state index is 0.708. The fourth-order valence-electron chi connectivity index (χ4n) is 0.895. The Balaban J connectivity index is 3.15. The van der Waals surface area contributed by atoms with Crippen LogP contribution in [0, 0.1) is 5.92 Å². The van der Waals surface area contributed by atoms with E-state index in [1.807, 2.05) is 11.8 Å². The summed E-state index contributed by atoms with van der Waals surface area (Å²) in [5, 5.41) is 4.07. The van der Waals surface area contributed by atoms with E-state index in [0.717, 1.165) is 25.6 Å². The molecule has 80 valence electrons. The molecule has 2 nitrogen and oxygen atoms in total. The summed E-state index contributed by atoms with van der Waals surface area (Å²) < 4.78 is 4.95. The summed E-state index contributed by atoms with van der Waals surface area (Å²) in [7, 11) is 1.73. The van der Waals surface area contributed by atoms with Gasteiger partial charge in [-0.25, -0.2) is 0 Å². The lowest BCUT2D eigenvalue weighted by atomic mass is 10.3. The maximum Gasteiger partial charge on any atom is 0.0587 e. The molecule has 0 amide bonds. The quantitative estimate of drug-likeness (QED) is 0.612. The summed E-state index contributed by atoms with van der Waals surface area (Å²) in [4.78, 5) is 0. The molecule has 0 saturated carbocycles. The predicted octanol–water partition coefficient (Wildman–Crippen LogP) is 2.00. The third-order valence-electron chi connectivity index (χ3n) is 1.63. The molecule has 0 aliphatic heterocycles. The fraction of sp³-hybridized carbons (Fsp3) is 1.00. The molecule has 0 saturated heterocycles. The van der Waals surface area contributed by atoms with Gasteiger partial charge in [0.2, 0.25) is 0 Å². The van der Waals surface area contributed by atoms with Gasteiger partial charge < -0.3 is 10.1 Å². The van der Waals surface area contributed by atoms with Crippen molar-refractivity contribution in [1.82, 2.24) is 5.32 Å². The first-order valence-electron chi connectivity index (χ1n) is 4.98. The van der Waals surface area contributed by atoms with E-state index >= 15 is 0 Å². The second-order valence-corrected chi connectivity index (χ2v) is 5.21. The average Bonchev–Trinajstić information content (AvgIpc) is 2.09. The third kappa shape index (κ3) is 10.2. The van der Waals surface area contributed by atoms with Crippen molar-refractivity contribution >= 4 is 11.8 Å². The summed E-state index contributed by atoms with van der Waals surface area (Å²) in [5.41, 5.74) is 0. The zero-order valence-electron chi connectivity index (χ0n) is 9.30. The topological polar surface area (TPSA) is 21.3 Å². The number of methoxy groups -OCH3 is 1. The van der Waals surface area contributed by atoms with Crippen LogP contribution in [0.4, 0.5) is 0 Å². The maximum atomic E-state index is 4.95. The standard InChI is InChI=1S/C10H23NOS/c1-9(2)8-13-10(3)7-11-5-6-12-4/h9-11H,5-8H2,1-4H3. The summed E-state index contributed by atoms with van der Waals surface area (Å²) in [6.45, 7) is 9.65. The Kier molecular flexibility index (Phi) is 9.03. The fourth-order valence-corrected chi connectivity index (χ4v) is 1.84. The zero-order valence-corrected chi connectivity index (χ0v) is 10.1. The van der Waals surface area contributed by atoms with Crippen LogP contribution >= 0.6 is 11.8 Å². The average molecular weight is 205 g/mol. The number of hydrogen-bond acceptors (Lipinski definition) is 3. The lowest BCUT2D eigenvalue weighted by Gasteiger charge is -2.13. The largest absolute Gasteiger partial charge is 0.383 e. The molecule has 1 N–H and O–H groups in total. The number of hydrogen-bond donors (Lipinski definition) is 1. The van der Waals surface area contributed by atoms with E-state index in [0.29, 0.717) is 5.25 Å². The molecule has 0 aliphatic carbocycles. The summed E-state index contributed by atoms with van der Waals surface area (Å²) in [5.74, 6) is 2.05. The molecule has 0 bridgehead atoms. The highest BCUT2D eigenvalue weighted by Crippen LogP contribution is 2.13. The van der Waals surface area contributed by atoms with Gasteiger partial charge in [-0.05, 0) is 11.7 Å². The molecule has 3 heteroatoms. The highest BCUT2D eigenvalue weighted by atomic mass is 32.2. The van der Waals surface area contributed by atoms with Gasteiger partial charge in [-0.3, -0.25) is 0 Å². The molecular formula is C10H23NOS. The normalized spacial score (nSPS) is 13.6. The highest BCUT2D eigenvalue weighted by Gasteiger charge is 2.02. The van der Waals surface area contributed by atoms with E-state index in [1.165, 1.54) is 5.75 Å². The second kappa shape index (κ2) is 8.85. The Bertz CT molecular complexity index is 109. The van der Waals surface area contributed by atoms with Gasteiger partial charge in [0, 0.05) is 25.4 Å². The van der Waals surface area contributed by atoms with Crippen LogP contribution in [-0.4, -0.2) is 37.8 Å². The van der Waals surface area contributed by atoms with E-state index in [9.17, 15) is 0 Å². The van der Waals surface area contributed by atoms with E-state index in [1.54, 1.807) is 7.11 Å². The molecule has 0 heterocycles. The van der Waals surface area contributed by atoms with Gasteiger partial charge in [0.25, 0.3) is 0 Å². The number of rotatable bonds is 8. The lowest BCUT2D eigenvalue weighted by Crippen LogP contribution is -2.26. The van der Waals surface area contributed by atoms with Gasteiger partial charge in [-0.1, -0.05) is 20.8 Å². The number of nitrogens with one attached hydrogen (secondary N) is 1. The summed E-state index contributed by atoms with van der Waals surface area (Å²) in [6, 6.07) is 0. The van der Waals surface area contributed by atoms with Gasteiger partial charge in [-0.15, -0.1) is 0 Å². The molecule has 0 aromatic heterocycles. The highest BCUT2D eigenvalue weighted by molar-refractivity contribution is 7.99. The summed E-state index contributed by atoms with van der Waals surface area (Å²) in [6.07, 6.45) is 0. The molecule has 0 aromatic rings. The van der Waals surface area contributed by atoms with Crippen molar-refractivity contribution in [3.05, 3.63) is 0 Å². The van der Waals surface area contributed by atoms with Crippen LogP contribution in [0.25, 0.3) is 0 Å². The molecule has 0 aromatic carbocycles. The summed E-state index contributed by atoms with van der Waals surface area (Å²) >= 11 is 2.04. The first-order valence-corrected chi connectivity index (χ1v) is 6.03. The Hall–Kier alpha value is 0.270.